The Morgan fingerprint density at radius 2 is 2.27 bits per heavy atom. The van der Waals surface area contributed by atoms with Crippen molar-refractivity contribution in [3.8, 4) is 0 Å². The Labute approximate surface area is 89.9 Å². The number of rotatable bonds is 2. The van der Waals surface area contributed by atoms with Gasteiger partial charge in [-0.15, -0.1) is 0 Å². The third-order valence-electron chi connectivity index (χ3n) is 3.00. The predicted molar refractivity (Wildman–Crippen MR) is 58.4 cm³/mol. The molecule has 0 saturated carbocycles. The number of benzene rings is 1. The molecule has 1 unspecified atom stereocenters. The van der Waals surface area contributed by atoms with Crippen LogP contribution in [-0.2, 0) is 23.4 Å². The van der Waals surface area contributed by atoms with E-state index in [9.17, 15) is 5.11 Å². The van der Waals surface area contributed by atoms with Gasteiger partial charge in [0.1, 0.15) is 0 Å². The molecule has 0 aromatic heterocycles. The molecule has 0 radical (unpaired) electrons. The lowest BCUT2D eigenvalue weighted by Gasteiger charge is -2.24. The van der Waals surface area contributed by atoms with Crippen molar-refractivity contribution in [1.82, 2.24) is 0 Å². The van der Waals surface area contributed by atoms with E-state index >= 15 is 0 Å². The molecule has 0 aliphatic carbocycles. The molecule has 3 heteroatoms. The van der Waals surface area contributed by atoms with Crippen LogP contribution < -0.4 is 5.73 Å². The van der Waals surface area contributed by atoms with Crippen LogP contribution in [0.15, 0.2) is 18.2 Å². The molecule has 2 rings (SSSR count). The summed E-state index contributed by atoms with van der Waals surface area (Å²) in [6.07, 6.45) is 0.920. The van der Waals surface area contributed by atoms with Gasteiger partial charge in [-0.1, -0.05) is 18.2 Å². The fraction of sp³-hybridized carbons (Fsp3) is 0.500. The molecule has 3 nitrogen and oxygen atoms in total. The summed E-state index contributed by atoms with van der Waals surface area (Å²) < 4.78 is 5.36. The Kier molecular flexibility index (Phi) is 2.78. The largest absolute Gasteiger partial charge is 0.384 e. The molecule has 1 aromatic rings. The molecule has 0 fully saturated rings. The summed E-state index contributed by atoms with van der Waals surface area (Å²) >= 11 is 0. The Bertz CT molecular complexity index is 361. The molecule has 1 aliphatic rings. The standard InChI is InChI=1S/C12H17NO2/c1-12(14,8-13)11-3-2-10-7-15-5-4-9(10)6-11/h2-3,6,14H,4-5,7-8,13H2,1H3. The maximum atomic E-state index is 10.0. The highest BCUT2D eigenvalue weighted by atomic mass is 16.5. The maximum absolute atomic E-state index is 10.0. The highest BCUT2D eigenvalue weighted by molar-refractivity contribution is 5.35. The average Bonchev–Trinajstić information content (AvgIpc) is 2.28. The molecule has 1 aromatic carbocycles. The lowest BCUT2D eigenvalue weighted by Crippen LogP contribution is -2.31. The Balaban J connectivity index is 2.36. The molecular formula is C12H17NO2. The van der Waals surface area contributed by atoms with Crippen molar-refractivity contribution in [2.24, 2.45) is 5.73 Å². The van der Waals surface area contributed by atoms with E-state index in [2.05, 4.69) is 0 Å². The number of nitrogens with two attached hydrogens (primary N) is 1. The Morgan fingerprint density at radius 1 is 1.47 bits per heavy atom. The van der Waals surface area contributed by atoms with Gasteiger partial charge in [-0.05, 0) is 30.0 Å². The van der Waals surface area contributed by atoms with Gasteiger partial charge in [-0.25, -0.2) is 0 Å². The van der Waals surface area contributed by atoms with Gasteiger partial charge in [0.25, 0.3) is 0 Å². The third kappa shape index (κ3) is 2.04. The SMILES string of the molecule is CC(O)(CN)c1ccc2c(c1)CCOC2. The second-order valence-corrected chi connectivity index (χ2v) is 4.26. The van der Waals surface area contributed by atoms with Crippen molar-refractivity contribution < 1.29 is 9.84 Å². The molecule has 1 heterocycles. The van der Waals surface area contributed by atoms with Crippen LogP contribution in [0.3, 0.4) is 0 Å². The smallest absolute Gasteiger partial charge is 0.0990 e. The maximum Gasteiger partial charge on any atom is 0.0990 e. The van der Waals surface area contributed by atoms with Crippen molar-refractivity contribution in [2.45, 2.75) is 25.6 Å². The second-order valence-electron chi connectivity index (χ2n) is 4.26. The van der Waals surface area contributed by atoms with Crippen LogP contribution in [-0.4, -0.2) is 18.3 Å². The molecule has 0 saturated heterocycles. The topological polar surface area (TPSA) is 55.5 Å². The third-order valence-corrected chi connectivity index (χ3v) is 3.00. The van der Waals surface area contributed by atoms with E-state index in [4.69, 9.17) is 10.5 Å². The van der Waals surface area contributed by atoms with Crippen molar-refractivity contribution in [3.05, 3.63) is 34.9 Å². The summed E-state index contributed by atoms with van der Waals surface area (Å²) in [6, 6.07) is 6.00. The van der Waals surface area contributed by atoms with E-state index < -0.39 is 5.60 Å². The first-order valence-electron chi connectivity index (χ1n) is 5.26. The normalized spacial score (nSPS) is 19.4. The molecule has 0 spiro atoms. The van der Waals surface area contributed by atoms with E-state index in [0.29, 0.717) is 6.61 Å². The minimum Gasteiger partial charge on any atom is -0.384 e. The number of aliphatic hydroxyl groups is 1. The van der Waals surface area contributed by atoms with Crippen LogP contribution in [0.2, 0.25) is 0 Å². The van der Waals surface area contributed by atoms with Crippen LogP contribution in [0.25, 0.3) is 0 Å². The quantitative estimate of drug-likeness (QED) is 0.758. The van der Waals surface area contributed by atoms with Gasteiger partial charge in [0.2, 0.25) is 0 Å². The van der Waals surface area contributed by atoms with Crippen molar-refractivity contribution in [2.75, 3.05) is 13.2 Å². The zero-order valence-corrected chi connectivity index (χ0v) is 8.99. The van der Waals surface area contributed by atoms with Gasteiger partial charge in [0.05, 0.1) is 18.8 Å². The predicted octanol–water partition coefficient (Wildman–Crippen LogP) is 0.926. The summed E-state index contributed by atoms with van der Waals surface area (Å²) in [5.74, 6) is 0. The molecule has 0 bridgehead atoms. The summed E-state index contributed by atoms with van der Waals surface area (Å²) in [4.78, 5) is 0. The lowest BCUT2D eigenvalue weighted by molar-refractivity contribution is 0.0661. The zero-order valence-electron chi connectivity index (χ0n) is 8.99. The monoisotopic (exact) mass is 207 g/mol. The number of hydrogen-bond acceptors (Lipinski definition) is 3. The molecule has 1 aliphatic heterocycles. The molecular weight excluding hydrogens is 190 g/mol. The van der Waals surface area contributed by atoms with Crippen LogP contribution >= 0.6 is 0 Å². The van der Waals surface area contributed by atoms with Crippen molar-refractivity contribution >= 4 is 0 Å². The Morgan fingerprint density at radius 3 is 3.00 bits per heavy atom. The first-order chi connectivity index (χ1) is 7.13. The summed E-state index contributed by atoms with van der Waals surface area (Å²) in [5.41, 5.74) is 8.00. The second kappa shape index (κ2) is 3.93. The Hall–Kier alpha value is -0.900. The average molecular weight is 207 g/mol. The van der Waals surface area contributed by atoms with Gasteiger partial charge in [-0.3, -0.25) is 0 Å². The lowest BCUT2D eigenvalue weighted by atomic mass is 9.91. The van der Waals surface area contributed by atoms with Gasteiger partial charge < -0.3 is 15.6 Å². The minimum atomic E-state index is -0.923. The molecule has 82 valence electrons. The van der Waals surface area contributed by atoms with Crippen LogP contribution in [0, 0.1) is 0 Å². The van der Waals surface area contributed by atoms with Gasteiger partial charge in [0, 0.05) is 6.54 Å². The zero-order chi connectivity index (χ0) is 10.9. The molecule has 1 atom stereocenters. The van der Waals surface area contributed by atoms with Crippen LogP contribution in [0.4, 0.5) is 0 Å². The first-order valence-corrected chi connectivity index (χ1v) is 5.26. The van der Waals surface area contributed by atoms with E-state index in [1.807, 2.05) is 18.2 Å². The van der Waals surface area contributed by atoms with Gasteiger partial charge in [-0.2, -0.15) is 0 Å². The van der Waals surface area contributed by atoms with E-state index in [-0.39, 0.29) is 6.54 Å². The fourth-order valence-electron chi connectivity index (χ4n) is 1.82. The van der Waals surface area contributed by atoms with Crippen LogP contribution in [0.5, 0.6) is 0 Å². The fourth-order valence-corrected chi connectivity index (χ4v) is 1.82. The van der Waals surface area contributed by atoms with Crippen LogP contribution in [0.1, 0.15) is 23.6 Å². The van der Waals surface area contributed by atoms with Gasteiger partial charge in [0.15, 0.2) is 0 Å². The molecule has 3 N–H and O–H groups in total. The van der Waals surface area contributed by atoms with E-state index in [0.717, 1.165) is 18.6 Å². The number of hydrogen-bond donors (Lipinski definition) is 2. The van der Waals surface area contributed by atoms with E-state index in [1.54, 1.807) is 6.92 Å². The van der Waals surface area contributed by atoms with Crippen molar-refractivity contribution in [3.63, 3.8) is 0 Å². The highest BCUT2D eigenvalue weighted by Gasteiger charge is 2.22. The van der Waals surface area contributed by atoms with Crippen molar-refractivity contribution in [1.29, 1.82) is 0 Å². The summed E-state index contributed by atoms with van der Waals surface area (Å²) in [7, 11) is 0. The first kappa shape index (κ1) is 10.6. The molecule has 0 amide bonds. The number of ether oxygens (including phenoxy) is 1. The van der Waals surface area contributed by atoms with E-state index in [1.165, 1.54) is 11.1 Å². The number of fused-ring (bicyclic) bond motifs is 1. The van der Waals surface area contributed by atoms with Gasteiger partial charge >= 0.3 is 0 Å². The molecule has 15 heavy (non-hydrogen) atoms. The summed E-state index contributed by atoms with van der Waals surface area (Å²) in [6.45, 7) is 3.43. The summed E-state index contributed by atoms with van der Waals surface area (Å²) in [5, 5.41) is 10.0. The minimum absolute atomic E-state index is 0.238. The highest BCUT2D eigenvalue weighted by Crippen LogP contribution is 2.24.